The van der Waals surface area contributed by atoms with Crippen LogP contribution in [0.25, 0.3) is 0 Å². The third-order valence-corrected chi connectivity index (χ3v) is 4.20. The Morgan fingerprint density at radius 1 is 1.29 bits per heavy atom. The lowest BCUT2D eigenvalue weighted by atomic mass is 9.96. The fourth-order valence-electron chi connectivity index (χ4n) is 2.80. The fourth-order valence-corrected chi connectivity index (χ4v) is 2.80. The molecular weight excluding hydrogens is 264 g/mol. The second kappa shape index (κ2) is 8.14. The summed E-state index contributed by atoms with van der Waals surface area (Å²) in [6.07, 6.45) is 4.64. The number of esters is 1. The number of rotatable bonds is 10. The highest BCUT2D eigenvalue weighted by atomic mass is 16.5. The highest BCUT2D eigenvalue weighted by Gasteiger charge is 2.37. The topological polar surface area (TPSA) is 41.6 Å². The quantitative estimate of drug-likeness (QED) is 0.630. The Balaban J connectivity index is 2.58. The molecule has 124 valence electrons. The van der Waals surface area contributed by atoms with E-state index in [2.05, 4.69) is 37.9 Å². The standard InChI is InChI=1S/C17H34N2O2/c1-13(2)9-11-19(15-7-8-15)12-10-17(5,16(20)21-6)18-14(3)4/h13-15,18H,7-12H2,1-6H3. The van der Waals surface area contributed by atoms with Gasteiger partial charge in [0.15, 0.2) is 0 Å². The van der Waals surface area contributed by atoms with Gasteiger partial charge in [-0.2, -0.15) is 0 Å². The summed E-state index contributed by atoms with van der Waals surface area (Å²) in [5, 5.41) is 3.39. The van der Waals surface area contributed by atoms with Crippen LogP contribution in [0, 0.1) is 5.92 Å². The molecule has 0 aromatic heterocycles. The number of hydrogen-bond donors (Lipinski definition) is 1. The zero-order chi connectivity index (χ0) is 16.0. The lowest BCUT2D eigenvalue weighted by Gasteiger charge is -2.33. The molecule has 0 heterocycles. The lowest BCUT2D eigenvalue weighted by Crippen LogP contribution is -2.54. The van der Waals surface area contributed by atoms with Gasteiger partial charge in [-0.3, -0.25) is 10.1 Å². The number of carbonyl (C=O) groups is 1. The third-order valence-electron chi connectivity index (χ3n) is 4.20. The summed E-state index contributed by atoms with van der Waals surface area (Å²) < 4.78 is 5.00. The van der Waals surface area contributed by atoms with Crippen molar-refractivity contribution in [3.8, 4) is 0 Å². The van der Waals surface area contributed by atoms with Crippen LogP contribution in [0.15, 0.2) is 0 Å². The monoisotopic (exact) mass is 298 g/mol. The molecule has 1 aliphatic carbocycles. The summed E-state index contributed by atoms with van der Waals surface area (Å²) >= 11 is 0. The molecule has 1 unspecified atom stereocenters. The Morgan fingerprint density at radius 2 is 1.90 bits per heavy atom. The number of methoxy groups -OCH3 is 1. The molecule has 1 N–H and O–H groups in total. The maximum Gasteiger partial charge on any atom is 0.325 e. The SMILES string of the molecule is COC(=O)C(C)(CCN(CCC(C)C)C1CC1)NC(C)C. The van der Waals surface area contributed by atoms with Crippen molar-refractivity contribution >= 4 is 5.97 Å². The zero-order valence-electron chi connectivity index (χ0n) is 14.7. The molecular formula is C17H34N2O2. The molecule has 21 heavy (non-hydrogen) atoms. The fraction of sp³-hybridized carbons (Fsp3) is 0.941. The molecule has 0 amide bonds. The molecule has 0 spiro atoms. The van der Waals surface area contributed by atoms with Crippen molar-refractivity contribution in [2.24, 2.45) is 5.92 Å². The van der Waals surface area contributed by atoms with Gasteiger partial charge in [-0.15, -0.1) is 0 Å². The third kappa shape index (κ3) is 6.35. The van der Waals surface area contributed by atoms with Crippen molar-refractivity contribution in [1.29, 1.82) is 0 Å². The molecule has 1 atom stereocenters. The van der Waals surface area contributed by atoms with Gasteiger partial charge in [-0.05, 0) is 58.9 Å². The van der Waals surface area contributed by atoms with Crippen molar-refractivity contribution in [3.05, 3.63) is 0 Å². The summed E-state index contributed by atoms with van der Waals surface area (Å²) in [7, 11) is 1.47. The summed E-state index contributed by atoms with van der Waals surface area (Å²) in [4.78, 5) is 14.7. The molecule has 0 radical (unpaired) electrons. The van der Waals surface area contributed by atoms with Crippen LogP contribution in [0.5, 0.6) is 0 Å². The van der Waals surface area contributed by atoms with Crippen LogP contribution >= 0.6 is 0 Å². The van der Waals surface area contributed by atoms with E-state index >= 15 is 0 Å². The molecule has 1 saturated carbocycles. The van der Waals surface area contributed by atoms with Crippen LogP contribution in [-0.2, 0) is 9.53 Å². The molecule has 0 saturated heterocycles. The largest absolute Gasteiger partial charge is 0.468 e. The van der Waals surface area contributed by atoms with E-state index < -0.39 is 5.54 Å². The second-order valence-corrected chi connectivity index (χ2v) is 7.32. The van der Waals surface area contributed by atoms with Gasteiger partial charge in [-0.25, -0.2) is 0 Å². The van der Waals surface area contributed by atoms with Crippen LogP contribution < -0.4 is 5.32 Å². The maximum atomic E-state index is 12.1. The Morgan fingerprint density at radius 3 is 2.33 bits per heavy atom. The number of ether oxygens (including phenoxy) is 1. The van der Waals surface area contributed by atoms with E-state index in [1.807, 2.05) is 6.92 Å². The minimum atomic E-state index is -0.589. The molecule has 1 fully saturated rings. The molecule has 1 aliphatic rings. The van der Waals surface area contributed by atoms with Gasteiger partial charge in [-0.1, -0.05) is 13.8 Å². The van der Waals surface area contributed by atoms with Crippen molar-refractivity contribution < 1.29 is 9.53 Å². The number of hydrogen-bond acceptors (Lipinski definition) is 4. The molecule has 4 nitrogen and oxygen atoms in total. The molecule has 0 aromatic rings. The van der Waals surface area contributed by atoms with Crippen molar-refractivity contribution in [2.45, 2.75) is 77.9 Å². The summed E-state index contributed by atoms with van der Waals surface area (Å²) in [5.74, 6) is 0.572. The van der Waals surface area contributed by atoms with E-state index in [0.717, 1.165) is 31.5 Å². The number of nitrogens with zero attached hydrogens (tertiary/aromatic N) is 1. The molecule has 0 aliphatic heterocycles. The average molecular weight is 298 g/mol. The van der Waals surface area contributed by atoms with Crippen molar-refractivity contribution in [2.75, 3.05) is 20.2 Å². The highest BCUT2D eigenvalue weighted by Crippen LogP contribution is 2.28. The van der Waals surface area contributed by atoms with Gasteiger partial charge in [0.1, 0.15) is 5.54 Å². The summed E-state index contributed by atoms with van der Waals surface area (Å²) in [5.41, 5.74) is -0.589. The van der Waals surface area contributed by atoms with Gasteiger partial charge < -0.3 is 9.64 Å². The first kappa shape index (κ1) is 18.4. The van der Waals surface area contributed by atoms with Crippen LogP contribution in [0.3, 0.4) is 0 Å². The van der Waals surface area contributed by atoms with Gasteiger partial charge in [0, 0.05) is 18.6 Å². The van der Waals surface area contributed by atoms with E-state index in [1.165, 1.54) is 26.4 Å². The second-order valence-electron chi connectivity index (χ2n) is 7.32. The Kier molecular flexibility index (Phi) is 7.14. The first-order valence-electron chi connectivity index (χ1n) is 8.38. The van der Waals surface area contributed by atoms with Crippen LogP contribution in [0.2, 0.25) is 0 Å². The van der Waals surface area contributed by atoms with Crippen LogP contribution in [0.4, 0.5) is 0 Å². The molecule has 0 bridgehead atoms. The summed E-state index contributed by atoms with van der Waals surface area (Å²) in [6.45, 7) is 12.7. The van der Waals surface area contributed by atoms with Gasteiger partial charge in [0.25, 0.3) is 0 Å². The molecule has 1 rings (SSSR count). The Bertz CT molecular complexity index is 327. The smallest absolute Gasteiger partial charge is 0.325 e. The Hall–Kier alpha value is -0.610. The minimum Gasteiger partial charge on any atom is -0.468 e. The van der Waals surface area contributed by atoms with Crippen molar-refractivity contribution in [1.82, 2.24) is 10.2 Å². The number of nitrogens with one attached hydrogen (secondary N) is 1. The number of carbonyl (C=O) groups excluding carboxylic acids is 1. The van der Waals surface area contributed by atoms with Crippen LogP contribution in [0.1, 0.15) is 60.3 Å². The Labute approximate surface area is 130 Å². The average Bonchev–Trinajstić information content (AvgIpc) is 3.21. The van der Waals surface area contributed by atoms with Crippen molar-refractivity contribution in [3.63, 3.8) is 0 Å². The van der Waals surface area contributed by atoms with E-state index in [9.17, 15) is 4.79 Å². The van der Waals surface area contributed by atoms with Gasteiger partial charge in [0.2, 0.25) is 0 Å². The highest BCUT2D eigenvalue weighted by molar-refractivity contribution is 5.80. The first-order chi connectivity index (χ1) is 9.78. The maximum absolute atomic E-state index is 12.1. The van der Waals surface area contributed by atoms with E-state index in [0.29, 0.717) is 0 Å². The molecule has 4 heteroatoms. The minimum absolute atomic E-state index is 0.157. The van der Waals surface area contributed by atoms with E-state index in [4.69, 9.17) is 4.74 Å². The predicted octanol–water partition coefficient (Wildman–Crippen LogP) is 2.82. The van der Waals surface area contributed by atoms with E-state index in [1.54, 1.807) is 0 Å². The summed E-state index contributed by atoms with van der Waals surface area (Å²) in [6, 6.07) is 1.00. The zero-order valence-corrected chi connectivity index (χ0v) is 14.7. The first-order valence-corrected chi connectivity index (χ1v) is 8.38. The molecule has 0 aromatic carbocycles. The van der Waals surface area contributed by atoms with Gasteiger partial charge >= 0.3 is 5.97 Å². The lowest BCUT2D eigenvalue weighted by molar-refractivity contribution is -0.148. The normalized spacial score (nSPS) is 18.3. The predicted molar refractivity (Wildman–Crippen MR) is 87.4 cm³/mol. The van der Waals surface area contributed by atoms with E-state index in [-0.39, 0.29) is 12.0 Å². The van der Waals surface area contributed by atoms with Crippen LogP contribution in [-0.4, -0.2) is 48.7 Å². The van der Waals surface area contributed by atoms with Gasteiger partial charge in [0.05, 0.1) is 7.11 Å².